The normalized spacial score (nSPS) is 12.3. The number of hydrogen-bond acceptors (Lipinski definition) is 6. The Kier molecular flexibility index (Phi) is 7.07. The van der Waals surface area contributed by atoms with Gasteiger partial charge in [-0.2, -0.15) is 0 Å². The zero-order valence-corrected chi connectivity index (χ0v) is 21.3. The van der Waals surface area contributed by atoms with E-state index in [9.17, 15) is 9.59 Å². The van der Waals surface area contributed by atoms with E-state index in [1.165, 1.54) is 11.1 Å². The second-order valence-electron chi connectivity index (χ2n) is 9.87. The van der Waals surface area contributed by atoms with Crippen LogP contribution in [0.4, 0.5) is 17.3 Å². The number of aromatic nitrogens is 2. The molecule has 2 N–H and O–H groups in total. The number of benzene rings is 2. The summed E-state index contributed by atoms with van der Waals surface area (Å²) in [6.07, 6.45) is 2.50. The molecule has 0 saturated carbocycles. The summed E-state index contributed by atoms with van der Waals surface area (Å²) in [6, 6.07) is 11.7. The average Bonchev–Trinajstić information content (AvgIpc) is 2.93. The number of rotatable bonds is 4. The molecule has 0 bridgehead atoms. The molecule has 36 heavy (non-hydrogen) atoms. The lowest BCUT2D eigenvalue weighted by molar-refractivity contribution is -0.154. The van der Waals surface area contributed by atoms with E-state index in [4.69, 9.17) is 9.72 Å². The number of amides is 1. The molecule has 0 unspecified atom stereocenters. The van der Waals surface area contributed by atoms with Gasteiger partial charge in [-0.15, -0.1) is 0 Å². The second kappa shape index (κ2) is 10.2. The molecule has 0 atom stereocenters. The highest BCUT2D eigenvalue weighted by Crippen LogP contribution is 2.34. The van der Waals surface area contributed by atoms with E-state index in [0.717, 1.165) is 22.4 Å². The Morgan fingerprint density at radius 3 is 2.69 bits per heavy atom. The highest BCUT2D eigenvalue weighted by Gasteiger charge is 2.21. The number of carbonyl (C=O) groups is 2. The summed E-state index contributed by atoms with van der Waals surface area (Å²) in [5, 5.41) is 6.22. The smallest absolute Gasteiger partial charge is 0.307 e. The van der Waals surface area contributed by atoms with E-state index in [0.29, 0.717) is 23.8 Å². The van der Waals surface area contributed by atoms with Crippen LogP contribution in [0, 0.1) is 25.7 Å². The SMILES string of the molecule is Cc1ccc(Nc2ncc3c(n2)-c2ccc(C#CCCC(=O)OC(C)(C)C)cc2NC(=O)C3)cc1C. The third-order valence-corrected chi connectivity index (χ3v) is 5.63. The van der Waals surface area contributed by atoms with E-state index in [1.807, 2.05) is 45.0 Å². The lowest BCUT2D eigenvalue weighted by atomic mass is 10.0. The van der Waals surface area contributed by atoms with E-state index in [-0.39, 0.29) is 24.7 Å². The second-order valence-corrected chi connectivity index (χ2v) is 9.87. The quantitative estimate of drug-likeness (QED) is 0.378. The predicted octanol–water partition coefficient (Wildman–Crippen LogP) is 5.47. The molecule has 0 spiro atoms. The summed E-state index contributed by atoms with van der Waals surface area (Å²) in [4.78, 5) is 33.6. The monoisotopic (exact) mass is 482 g/mol. The molecule has 2 heterocycles. The van der Waals surface area contributed by atoms with Crippen molar-refractivity contribution in [1.82, 2.24) is 9.97 Å². The Balaban J connectivity index is 1.56. The average molecular weight is 483 g/mol. The maximum atomic E-state index is 12.5. The highest BCUT2D eigenvalue weighted by molar-refractivity contribution is 6.00. The molecule has 0 fully saturated rings. The van der Waals surface area contributed by atoms with Crippen LogP contribution >= 0.6 is 0 Å². The Labute approximate surface area is 211 Å². The molecule has 0 radical (unpaired) electrons. The van der Waals surface area contributed by atoms with E-state index < -0.39 is 5.60 Å². The molecular formula is C29H30N4O3. The number of hydrogen-bond donors (Lipinski definition) is 2. The van der Waals surface area contributed by atoms with Gasteiger partial charge < -0.3 is 15.4 Å². The molecule has 184 valence electrons. The van der Waals surface area contributed by atoms with Gasteiger partial charge in [0.15, 0.2) is 0 Å². The summed E-state index contributed by atoms with van der Waals surface area (Å²) in [7, 11) is 0. The van der Waals surface area contributed by atoms with E-state index >= 15 is 0 Å². The molecule has 1 amide bonds. The Morgan fingerprint density at radius 2 is 1.94 bits per heavy atom. The molecule has 3 aromatic rings. The first-order valence-corrected chi connectivity index (χ1v) is 11.9. The number of fused-ring (bicyclic) bond motifs is 3. The minimum Gasteiger partial charge on any atom is -0.460 e. The fourth-order valence-electron chi connectivity index (χ4n) is 3.80. The molecular weight excluding hydrogens is 452 g/mol. The number of nitrogens with one attached hydrogen (secondary N) is 2. The molecule has 2 aromatic carbocycles. The van der Waals surface area contributed by atoms with Gasteiger partial charge in [0, 0.05) is 35.0 Å². The first kappa shape index (κ1) is 24.9. The summed E-state index contributed by atoms with van der Waals surface area (Å²) < 4.78 is 5.31. The Morgan fingerprint density at radius 1 is 1.14 bits per heavy atom. The van der Waals surface area contributed by atoms with Crippen LogP contribution in [0.25, 0.3) is 11.3 Å². The molecule has 7 heteroatoms. The van der Waals surface area contributed by atoms with Crippen molar-refractivity contribution in [3.8, 4) is 23.1 Å². The maximum Gasteiger partial charge on any atom is 0.307 e. The zero-order chi connectivity index (χ0) is 25.9. The summed E-state index contributed by atoms with van der Waals surface area (Å²) in [6.45, 7) is 9.65. The van der Waals surface area contributed by atoms with Gasteiger partial charge in [0.25, 0.3) is 0 Å². The van der Waals surface area contributed by atoms with Gasteiger partial charge in [-0.1, -0.05) is 17.9 Å². The van der Waals surface area contributed by atoms with Crippen molar-refractivity contribution < 1.29 is 14.3 Å². The van der Waals surface area contributed by atoms with Crippen LogP contribution in [0.3, 0.4) is 0 Å². The van der Waals surface area contributed by atoms with Crippen molar-refractivity contribution >= 4 is 29.2 Å². The lowest BCUT2D eigenvalue weighted by Gasteiger charge is -2.18. The minimum absolute atomic E-state index is 0.136. The van der Waals surface area contributed by atoms with Crippen LogP contribution in [0.2, 0.25) is 0 Å². The van der Waals surface area contributed by atoms with Crippen LogP contribution in [0.5, 0.6) is 0 Å². The Hall–Kier alpha value is -4.18. The fourth-order valence-corrected chi connectivity index (χ4v) is 3.80. The van der Waals surface area contributed by atoms with Crippen molar-refractivity contribution in [1.29, 1.82) is 0 Å². The third kappa shape index (κ3) is 6.28. The number of nitrogens with zero attached hydrogens (tertiary/aromatic N) is 2. The number of anilines is 3. The summed E-state index contributed by atoms with van der Waals surface area (Å²) in [5.74, 6) is 6.14. The first-order chi connectivity index (χ1) is 17.1. The van der Waals surface area contributed by atoms with Gasteiger partial charge >= 0.3 is 5.97 Å². The van der Waals surface area contributed by atoms with Gasteiger partial charge in [-0.25, -0.2) is 9.97 Å². The fraction of sp³-hybridized carbons (Fsp3) is 0.310. The molecule has 1 aliphatic rings. The molecule has 0 aliphatic carbocycles. The van der Waals surface area contributed by atoms with Gasteiger partial charge in [0.2, 0.25) is 11.9 Å². The maximum absolute atomic E-state index is 12.5. The summed E-state index contributed by atoms with van der Waals surface area (Å²) in [5.41, 5.74) is 6.44. The third-order valence-electron chi connectivity index (χ3n) is 5.63. The number of esters is 1. The topological polar surface area (TPSA) is 93.2 Å². The molecule has 1 aliphatic heterocycles. The minimum atomic E-state index is -0.506. The van der Waals surface area contributed by atoms with Crippen LogP contribution in [0.15, 0.2) is 42.6 Å². The molecule has 0 saturated heterocycles. The molecule has 1 aromatic heterocycles. The summed E-state index contributed by atoms with van der Waals surface area (Å²) >= 11 is 0. The standard InChI is InChI=1S/C29H30N4O3/c1-18-10-12-22(14-19(18)2)31-28-30-17-21-16-25(34)32-24-15-20(11-13-23(24)27(21)33-28)8-6-7-9-26(35)36-29(3,4)5/h10-15,17H,7,9,16H2,1-5H3,(H,32,34)(H,30,31,33). The van der Waals surface area contributed by atoms with Gasteiger partial charge in [-0.05, 0) is 76.1 Å². The van der Waals surface area contributed by atoms with Crippen molar-refractivity contribution in [2.75, 3.05) is 10.6 Å². The van der Waals surface area contributed by atoms with Gasteiger partial charge in [0.1, 0.15) is 5.60 Å². The van der Waals surface area contributed by atoms with Crippen LogP contribution in [-0.2, 0) is 20.7 Å². The highest BCUT2D eigenvalue weighted by atomic mass is 16.6. The predicted molar refractivity (Wildman–Crippen MR) is 141 cm³/mol. The lowest BCUT2D eigenvalue weighted by Crippen LogP contribution is -2.23. The number of carbonyl (C=O) groups excluding carboxylic acids is 2. The van der Waals surface area contributed by atoms with E-state index in [1.54, 1.807) is 6.20 Å². The van der Waals surface area contributed by atoms with Gasteiger partial charge in [0.05, 0.1) is 24.2 Å². The van der Waals surface area contributed by atoms with Crippen molar-refractivity contribution in [3.05, 3.63) is 64.8 Å². The van der Waals surface area contributed by atoms with Gasteiger partial charge in [-0.3, -0.25) is 9.59 Å². The van der Waals surface area contributed by atoms with Crippen molar-refractivity contribution in [2.45, 2.75) is 59.5 Å². The first-order valence-electron chi connectivity index (χ1n) is 11.9. The van der Waals surface area contributed by atoms with Crippen LogP contribution < -0.4 is 10.6 Å². The van der Waals surface area contributed by atoms with Crippen LogP contribution in [0.1, 0.15) is 55.9 Å². The van der Waals surface area contributed by atoms with Crippen molar-refractivity contribution in [3.63, 3.8) is 0 Å². The van der Waals surface area contributed by atoms with E-state index in [2.05, 4.69) is 53.4 Å². The zero-order valence-electron chi connectivity index (χ0n) is 21.3. The molecule has 7 nitrogen and oxygen atoms in total. The number of aryl methyl sites for hydroxylation is 2. The Bertz CT molecular complexity index is 1390. The number of ether oxygens (including phenoxy) is 1. The van der Waals surface area contributed by atoms with Crippen molar-refractivity contribution in [2.24, 2.45) is 0 Å². The molecule has 4 rings (SSSR count). The van der Waals surface area contributed by atoms with Crippen LogP contribution in [-0.4, -0.2) is 27.4 Å². The largest absolute Gasteiger partial charge is 0.460 e.